The summed E-state index contributed by atoms with van der Waals surface area (Å²) in [7, 11) is 3.11. The molecule has 1 unspecified atom stereocenters. The first-order valence-corrected chi connectivity index (χ1v) is 11.2. The van der Waals surface area contributed by atoms with E-state index in [0.717, 1.165) is 5.56 Å². The number of nitrogens with zero attached hydrogens (tertiary/aromatic N) is 1. The molecule has 0 aliphatic carbocycles. The van der Waals surface area contributed by atoms with Gasteiger partial charge < -0.3 is 19.7 Å². The van der Waals surface area contributed by atoms with E-state index in [-0.39, 0.29) is 23.0 Å². The van der Waals surface area contributed by atoms with Crippen LogP contribution >= 0.6 is 0 Å². The maximum absolute atomic E-state index is 13.3. The minimum Gasteiger partial charge on any atom is -0.508 e. The van der Waals surface area contributed by atoms with Gasteiger partial charge in [0, 0.05) is 11.3 Å². The number of hydrogen-bond donors (Lipinski definition) is 2. The van der Waals surface area contributed by atoms with Gasteiger partial charge in [-0.25, -0.2) is 0 Å². The minimum atomic E-state index is -0.895. The van der Waals surface area contributed by atoms with Crippen LogP contribution in [0.5, 0.6) is 17.2 Å². The third kappa shape index (κ3) is 4.33. The number of aromatic hydroxyl groups is 1. The quantitative estimate of drug-likeness (QED) is 0.292. The molecule has 1 aliphatic heterocycles. The zero-order chi connectivity index (χ0) is 25.3. The molecule has 1 fully saturated rings. The molecule has 0 bridgehead atoms. The van der Waals surface area contributed by atoms with E-state index in [4.69, 9.17) is 9.47 Å². The van der Waals surface area contributed by atoms with Crippen LogP contribution in [0.4, 0.5) is 5.69 Å². The number of carbonyl (C=O) groups excluding carboxylic acids is 2. The Morgan fingerprint density at radius 3 is 2.14 bits per heavy atom. The number of rotatable bonds is 6. The van der Waals surface area contributed by atoms with Crippen molar-refractivity contribution in [1.82, 2.24) is 0 Å². The van der Waals surface area contributed by atoms with E-state index in [1.165, 1.54) is 24.1 Å². The van der Waals surface area contributed by atoms with Crippen molar-refractivity contribution in [3.8, 4) is 17.2 Å². The lowest BCUT2D eigenvalue weighted by atomic mass is 9.93. The Morgan fingerprint density at radius 2 is 1.57 bits per heavy atom. The van der Waals surface area contributed by atoms with E-state index in [2.05, 4.69) is 0 Å². The van der Waals surface area contributed by atoms with E-state index >= 15 is 0 Å². The number of amides is 1. The zero-order valence-electron chi connectivity index (χ0n) is 20.0. The highest BCUT2D eigenvalue weighted by atomic mass is 16.5. The van der Waals surface area contributed by atoms with Gasteiger partial charge in [-0.15, -0.1) is 0 Å². The fraction of sp³-hybridized carbons (Fsp3) is 0.214. The Hall–Kier alpha value is -4.26. The van der Waals surface area contributed by atoms with E-state index in [1.807, 2.05) is 13.8 Å². The molecule has 0 radical (unpaired) electrons. The molecule has 0 spiro atoms. The number of Topliss-reactive ketones (excluding diaryl/α,β-unsaturated/α-hetero) is 1. The first kappa shape index (κ1) is 23.9. The van der Waals surface area contributed by atoms with Gasteiger partial charge in [-0.1, -0.05) is 26.0 Å². The van der Waals surface area contributed by atoms with Crippen molar-refractivity contribution in [2.24, 2.45) is 0 Å². The van der Waals surface area contributed by atoms with Gasteiger partial charge in [-0.3, -0.25) is 14.5 Å². The summed E-state index contributed by atoms with van der Waals surface area (Å²) in [6, 6.07) is 17.2. The number of aliphatic hydroxyl groups is 1. The molecule has 35 heavy (non-hydrogen) atoms. The van der Waals surface area contributed by atoms with Gasteiger partial charge in [-0.2, -0.15) is 0 Å². The normalized spacial score (nSPS) is 17.2. The van der Waals surface area contributed by atoms with Crippen LogP contribution in [-0.2, 0) is 9.59 Å². The average molecular weight is 474 g/mol. The highest BCUT2D eigenvalue weighted by molar-refractivity contribution is 6.51. The summed E-state index contributed by atoms with van der Waals surface area (Å²) in [4.78, 5) is 27.9. The summed E-state index contributed by atoms with van der Waals surface area (Å²) < 4.78 is 10.7. The second-order valence-electron chi connectivity index (χ2n) is 8.57. The Bertz CT molecular complexity index is 1290. The molecule has 7 nitrogen and oxygen atoms in total. The molecule has 3 aromatic rings. The van der Waals surface area contributed by atoms with Crippen LogP contribution in [0.1, 0.15) is 42.5 Å². The molecule has 1 heterocycles. The van der Waals surface area contributed by atoms with Gasteiger partial charge in [-0.05, 0) is 71.6 Å². The molecule has 1 amide bonds. The van der Waals surface area contributed by atoms with Gasteiger partial charge in [0.05, 0.1) is 25.8 Å². The molecular weight excluding hydrogens is 446 g/mol. The van der Waals surface area contributed by atoms with Crippen molar-refractivity contribution in [3.05, 3.63) is 89.0 Å². The molecule has 0 aromatic heterocycles. The second-order valence-corrected chi connectivity index (χ2v) is 8.57. The van der Waals surface area contributed by atoms with Crippen LogP contribution in [0.15, 0.2) is 72.3 Å². The predicted molar refractivity (Wildman–Crippen MR) is 133 cm³/mol. The summed E-state index contributed by atoms with van der Waals surface area (Å²) in [6.45, 7) is 4.00. The van der Waals surface area contributed by atoms with Gasteiger partial charge in [0.2, 0.25) is 0 Å². The van der Waals surface area contributed by atoms with Crippen molar-refractivity contribution in [2.45, 2.75) is 25.8 Å². The van der Waals surface area contributed by atoms with Gasteiger partial charge in [0.15, 0.2) is 0 Å². The van der Waals surface area contributed by atoms with Crippen molar-refractivity contribution in [3.63, 3.8) is 0 Å². The van der Waals surface area contributed by atoms with Crippen LogP contribution in [0.25, 0.3) is 5.76 Å². The summed E-state index contributed by atoms with van der Waals surface area (Å²) in [5, 5.41) is 21.2. The van der Waals surface area contributed by atoms with Crippen molar-refractivity contribution < 1.29 is 29.3 Å². The Kier molecular flexibility index (Phi) is 6.51. The molecule has 2 N–H and O–H groups in total. The molecular formula is C28H27NO6. The molecule has 1 aliphatic rings. The number of phenols is 1. The molecule has 7 heteroatoms. The first-order valence-electron chi connectivity index (χ1n) is 11.2. The van der Waals surface area contributed by atoms with E-state index in [9.17, 15) is 19.8 Å². The Balaban J connectivity index is 1.92. The van der Waals surface area contributed by atoms with Crippen LogP contribution in [-0.4, -0.2) is 36.1 Å². The number of ether oxygens (including phenoxy) is 2. The maximum Gasteiger partial charge on any atom is 0.300 e. The summed E-state index contributed by atoms with van der Waals surface area (Å²) >= 11 is 0. The smallest absolute Gasteiger partial charge is 0.300 e. The monoisotopic (exact) mass is 473 g/mol. The third-order valence-corrected chi connectivity index (χ3v) is 6.13. The van der Waals surface area contributed by atoms with Gasteiger partial charge in [0.25, 0.3) is 11.7 Å². The lowest BCUT2D eigenvalue weighted by molar-refractivity contribution is -0.132. The number of anilines is 1. The van der Waals surface area contributed by atoms with Crippen LogP contribution < -0.4 is 14.4 Å². The van der Waals surface area contributed by atoms with Crippen molar-refractivity contribution in [2.75, 3.05) is 19.1 Å². The number of methoxy groups -OCH3 is 2. The standard InChI is InChI=1S/C28H27NO6/c1-16(2)22-15-18(7-14-23(22)35-4)26(31)24-25(17-5-10-20(30)11-6-17)29(28(33)27(24)32)19-8-12-21(34-3)13-9-19/h5-16,25,30-31H,1-4H3/b26-24-. The lowest BCUT2D eigenvalue weighted by Crippen LogP contribution is -2.29. The van der Waals surface area contributed by atoms with Crippen LogP contribution in [0.3, 0.4) is 0 Å². The van der Waals surface area contributed by atoms with E-state index < -0.39 is 17.7 Å². The number of ketones is 1. The molecule has 1 atom stereocenters. The number of hydrogen-bond acceptors (Lipinski definition) is 6. The highest BCUT2D eigenvalue weighted by Gasteiger charge is 2.47. The van der Waals surface area contributed by atoms with E-state index in [1.54, 1.807) is 61.7 Å². The molecule has 180 valence electrons. The van der Waals surface area contributed by atoms with E-state index in [0.29, 0.717) is 28.3 Å². The second kappa shape index (κ2) is 9.54. The molecule has 0 saturated carbocycles. The SMILES string of the molecule is COc1ccc(N2C(=O)C(=O)/C(=C(\O)c3ccc(OC)c(C(C)C)c3)C2c2ccc(O)cc2)cc1. The van der Waals surface area contributed by atoms with Crippen LogP contribution in [0.2, 0.25) is 0 Å². The third-order valence-electron chi connectivity index (χ3n) is 6.13. The zero-order valence-corrected chi connectivity index (χ0v) is 20.0. The summed E-state index contributed by atoms with van der Waals surface area (Å²) in [5.74, 6) is -0.400. The Labute approximate surface area is 203 Å². The largest absolute Gasteiger partial charge is 0.508 e. The van der Waals surface area contributed by atoms with Crippen molar-refractivity contribution >= 4 is 23.1 Å². The van der Waals surface area contributed by atoms with Gasteiger partial charge in [0.1, 0.15) is 23.0 Å². The van der Waals surface area contributed by atoms with Crippen molar-refractivity contribution in [1.29, 1.82) is 0 Å². The number of benzene rings is 3. The average Bonchev–Trinajstić information content (AvgIpc) is 3.13. The first-order chi connectivity index (χ1) is 16.8. The minimum absolute atomic E-state index is 0.0311. The summed E-state index contributed by atoms with van der Waals surface area (Å²) in [5.41, 5.74) is 2.28. The predicted octanol–water partition coefficient (Wildman–Crippen LogP) is 5.16. The fourth-order valence-electron chi connectivity index (χ4n) is 4.30. The summed E-state index contributed by atoms with van der Waals surface area (Å²) in [6.07, 6.45) is 0. The van der Waals surface area contributed by atoms with Gasteiger partial charge >= 0.3 is 0 Å². The number of phenolic OH excluding ortho intramolecular Hbond substituents is 1. The fourth-order valence-corrected chi connectivity index (χ4v) is 4.30. The molecule has 4 rings (SSSR count). The highest BCUT2D eigenvalue weighted by Crippen LogP contribution is 2.43. The van der Waals surface area contributed by atoms with Crippen LogP contribution in [0, 0.1) is 0 Å². The number of aliphatic hydroxyl groups excluding tert-OH is 1. The lowest BCUT2D eigenvalue weighted by Gasteiger charge is -2.25. The molecule has 3 aromatic carbocycles. The maximum atomic E-state index is 13.3. The molecule has 1 saturated heterocycles. The Morgan fingerprint density at radius 1 is 0.914 bits per heavy atom. The number of carbonyl (C=O) groups is 2. The topological polar surface area (TPSA) is 96.3 Å².